The normalized spacial score (nSPS) is 10.4. The summed E-state index contributed by atoms with van der Waals surface area (Å²) in [5.74, 6) is -0.167. The molecule has 18 heavy (non-hydrogen) atoms. The highest BCUT2D eigenvalue weighted by Gasteiger charge is 2.14. The minimum atomic E-state index is -0.167. The van der Waals surface area contributed by atoms with Gasteiger partial charge in [-0.3, -0.25) is 4.79 Å². The lowest BCUT2D eigenvalue weighted by atomic mass is 10.2. The molecule has 0 bridgehead atoms. The van der Waals surface area contributed by atoms with Crippen molar-refractivity contribution in [1.82, 2.24) is 0 Å². The molecule has 2 nitrogen and oxygen atoms in total. The maximum Gasteiger partial charge on any atom is 0.267 e. The van der Waals surface area contributed by atoms with E-state index in [1.807, 2.05) is 37.4 Å². The van der Waals surface area contributed by atoms with E-state index in [-0.39, 0.29) is 5.91 Å². The standard InChI is InChI=1S/C13H11BrClNOS/c1-7-5-9(3-4-10(7)14)16-13(17)12-11(15)8(2)6-18-12/h3-6H,1-2H3,(H,16,17). The lowest BCUT2D eigenvalue weighted by molar-refractivity contribution is 0.103. The van der Waals surface area contributed by atoms with Crippen LogP contribution < -0.4 is 5.32 Å². The van der Waals surface area contributed by atoms with Crippen LogP contribution in [0.2, 0.25) is 5.02 Å². The first kappa shape index (κ1) is 13.6. The van der Waals surface area contributed by atoms with E-state index < -0.39 is 0 Å². The molecular formula is C13H11BrClNOS. The van der Waals surface area contributed by atoms with E-state index in [2.05, 4.69) is 21.2 Å². The summed E-state index contributed by atoms with van der Waals surface area (Å²) in [5.41, 5.74) is 2.77. The van der Waals surface area contributed by atoms with Crippen LogP contribution in [-0.4, -0.2) is 5.91 Å². The second-order valence-electron chi connectivity index (χ2n) is 3.98. The summed E-state index contributed by atoms with van der Waals surface area (Å²) in [6.07, 6.45) is 0. The molecule has 0 radical (unpaired) electrons. The van der Waals surface area contributed by atoms with Crippen molar-refractivity contribution in [2.75, 3.05) is 5.32 Å². The topological polar surface area (TPSA) is 29.1 Å². The molecule has 0 aliphatic heterocycles. The van der Waals surface area contributed by atoms with E-state index in [0.717, 1.165) is 21.3 Å². The Morgan fingerprint density at radius 3 is 2.61 bits per heavy atom. The van der Waals surface area contributed by atoms with Crippen molar-refractivity contribution in [3.8, 4) is 0 Å². The van der Waals surface area contributed by atoms with Crippen molar-refractivity contribution in [1.29, 1.82) is 0 Å². The van der Waals surface area contributed by atoms with E-state index in [9.17, 15) is 4.79 Å². The Hall–Kier alpha value is -0.840. The Morgan fingerprint density at radius 2 is 2.06 bits per heavy atom. The Bertz CT molecular complexity index is 609. The molecule has 0 aliphatic rings. The van der Waals surface area contributed by atoms with Gasteiger partial charge in [0.05, 0.1) is 5.02 Å². The van der Waals surface area contributed by atoms with Gasteiger partial charge in [0.25, 0.3) is 5.91 Å². The minimum Gasteiger partial charge on any atom is -0.321 e. The zero-order chi connectivity index (χ0) is 13.3. The Kier molecular flexibility index (Phi) is 4.10. The van der Waals surface area contributed by atoms with E-state index in [1.165, 1.54) is 11.3 Å². The molecular weight excluding hydrogens is 334 g/mol. The average Bonchev–Trinajstić information content (AvgIpc) is 2.65. The van der Waals surface area contributed by atoms with Gasteiger partial charge in [0, 0.05) is 10.2 Å². The maximum atomic E-state index is 12.0. The summed E-state index contributed by atoms with van der Waals surface area (Å²) in [6.45, 7) is 3.86. The van der Waals surface area contributed by atoms with Crippen molar-refractivity contribution in [2.45, 2.75) is 13.8 Å². The minimum absolute atomic E-state index is 0.167. The second kappa shape index (κ2) is 5.43. The number of carbonyl (C=O) groups is 1. The zero-order valence-corrected chi connectivity index (χ0v) is 13.0. The summed E-state index contributed by atoms with van der Waals surface area (Å²) < 4.78 is 1.02. The van der Waals surface area contributed by atoms with Crippen LogP contribution in [-0.2, 0) is 0 Å². The molecule has 0 saturated heterocycles. The Morgan fingerprint density at radius 1 is 1.33 bits per heavy atom. The van der Waals surface area contributed by atoms with Crippen LogP contribution in [0, 0.1) is 13.8 Å². The van der Waals surface area contributed by atoms with Gasteiger partial charge < -0.3 is 5.32 Å². The second-order valence-corrected chi connectivity index (χ2v) is 6.09. The molecule has 0 spiro atoms. The Balaban J connectivity index is 2.21. The van der Waals surface area contributed by atoms with Crippen molar-refractivity contribution in [2.24, 2.45) is 0 Å². The molecule has 94 valence electrons. The molecule has 0 aliphatic carbocycles. The highest BCUT2D eigenvalue weighted by Crippen LogP contribution is 2.28. The van der Waals surface area contributed by atoms with E-state index in [0.29, 0.717) is 9.90 Å². The summed E-state index contributed by atoms with van der Waals surface area (Å²) in [5, 5.41) is 5.26. The molecule has 0 saturated carbocycles. The quantitative estimate of drug-likeness (QED) is 0.813. The molecule has 1 heterocycles. The lowest BCUT2D eigenvalue weighted by Crippen LogP contribution is -2.10. The van der Waals surface area contributed by atoms with Crippen molar-refractivity contribution >= 4 is 50.5 Å². The summed E-state index contributed by atoms with van der Waals surface area (Å²) in [4.78, 5) is 12.6. The molecule has 2 rings (SSSR count). The molecule has 0 unspecified atom stereocenters. The number of thiophene rings is 1. The van der Waals surface area contributed by atoms with Crippen LogP contribution in [0.25, 0.3) is 0 Å². The number of amides is 1. The lowest BCUT2D eigenvalue weighted by Gasteiger charge is -2.06. The molecule has 0 atom stereocenters. The molecule has 1 aromatic heterocycles. The predicted molar refractivity (Wildman–Crippen MR) is 80.9 cm³/mol. The fraction of sp³-hybridized carbons (Fsp3) is 0.154. The molecule has 5 heteroatoms. The molecule has 0 fully saturated rings. The Labute approximate surface area is 123 Å². The number of hydrogen-bond acceptors (Lipinski definition) is 2. The van der Waals surface area contributed by atoms with Crippen LogP contribution in [0.5, 0.6) is 0 Å². The number of rotatable bonds is 2. The number of nitrogens with one attached hydrogen (secondary N) is 1. The van der Waals surface area contributed by atoms with Crippen LogP contribution in [0.15, 0.2) is 28.1 Å². The average molecular weight is 345 g/mol. The fourth-order valence-electron chi connectivity index (χ4n) is 1.49. The fourth-order valence-corrected chi connectivity index (χ4v) is 2.91. The van der Waals surface area contributed by atoms with Crippen LogP contribution in [0.3, 0.4) is 0 Å². The SMILES string of the molecule is Cc1cc(NC(=O)c2scc(C)c2Cl)ccc1Br. The summed E-state index contributed by atoms with van der Waals surface area (Å²) in [7, 11) is 0. The van der Waals surface area contributed by atoms with Gasteiger partial charge in [-0.25, -0.2) is 0 Å². The van der Waals surface area contributed by atoms with Gasteiger partial charge in [-0.05, 0) is 48.6 Å². The van der Waals surface area contributed by atoms with Gasteiger partial charge in [-0.1, -0.05) is 27.5 Å². The molecule has 2 aromatic rings. The smallest absolute Gasteiger partial charge is 0.267 e. The van der Waals surface area contributed by atoms with Crippen LogP contribution in [0.4, 0.5) is 5.69 Å². The van der Waals surface area contributed by atoms with Crippen molar-refractivity contribution in [3.63, 3.8) is 0 Å². The van der Waals surface area contributed by atoms with Gasteiger partial charge in [-0.2, -0.15) is 0 Å². The van der Waals surface area contributed by atoms with E-state index in [1.54, 1.807) is 0 Å². The van der Waals surface area contributed by atoms with Gasteiger partial charge in [0.1, 0.15) is 4.88 Å². The zero-order valence-electron chi connectivity index (χ0n) is 9.88. The van der Waals surface area contributed by atoms with E-state index >= 15 is 0 Å². The highest BCUT2D eigenvalue weighted by atomic mass is 79.9. The number of benzene rings is 1. The largest absolute Gasteiger partial charge is 0.321 e. The van der Waals surface area contributed by atoms with Gasteiger partial charge in [-0.15, -0.1) is 11.3 Å². The molecule has 1 N–H and O–H groups in total. The first-order chi connectivity index (χ1) is 8.49. The molecule has 1 amide bonds. The maximum absolute atomic E-state index is 12.0. The highest BCUT2D eigenvalue weighted by molar-refractivity contribution is 9.10. The summed E-state index contributed by atoms with van der Waals surface area (Å²) >= 11 is 10.8. The number of halogens is 2. The van der Waals surface area contributed by atoms with Gasteiger partial charge >= 0.3 is 0 Å². The van der Waals surface area contributed by atoms with Crippen LogP contribution in [0.1, 0.15) is 20.8 Å². The van der Waals surface area contributed by atoms with Crippen LogP contribution >= 0.6 is 38.9 Å². The van der Waals surface area contributed by atoms with Gasteiger partial charge in [0.15, 0.2) is 0 Å². The van der Waals surface area contributed by atoms with E-state index in [4.69, 9.17) is 11.6 Å². The monoisotopic (exact) mass is 343 g/mol. The number of hydrogen-bond donors (Lipinski definition) is 1. The van der Waals surface area contributed by atoms with Gasteiger partial charge in [0.2, 0.25) is 0 Å². The molecule has 1 aromatic carbocycles. The predicted octanol–water partition coefficient (Wildman–Crippen LogP) is 5.03. The third-order valence-electron chi connectivity index (χ3n) is 2.52. The first-order valence-corrected chi connectivity index (χ1v) is 7.35. The van der Waals surface area contributed by atoms with Crippen molar-refractivity contribution < 1.29 is 4.79 Å². The number of carbonyl (C=O) groups excluding carboxylic acids is 1. The number of anilines is 1. The number of aryl methyl sites for hydroxylation is 2. The third kappa shape index (κ3) is 2.76. The third-order valence-corrected chi connectivity index (χ3v) is 5.11. The summed E-state index contributed by atoms with van der Waals surface area (Å²) in [6, 6.07) is 5.67. The first-order valence-electron chi connectivity index (χ1n) is 5.30. The van der Waals surface area contributed by atoms with Crippen molar-refractivity contribution in [3.05, 3.63) is 49.1 Å².